The summed E-state index contributed by atoms with van der Waals surface area (Å²) < 4.78 is 65.5. The van der Waals surface area contributed by atoms with Gasteiger partial charge in [-0.2, -0.15) is 18.4 Å². The van der Waals surface area contributed by atoms with Crippen molar-refractivity contribution in [2.24, 2.45) is 0 Å². The Morgan fingerprint density at radius 3 is 2.48 bits per heavy atom. The smallest absolute Gasteiger partial charge is 0.274 e. The van der Waals surface area contributed by atoms with Crippen molar-refractivity contribution in [1.29, 1.82) is 5.26 Å². The number of amides is 1. The molecule has 0 bridgehead atoms. The molecule has 0 saturated heterocycles. The van der Waals surface area contributed by atoms with Crippen LogP contribution in [0.4, 0.5) is 13.2 Å². The van der Waals surface area contributed by atoms with Gasteiger partial charge in [0.15, 0.2) is 0 Å². The first-order chi connectivity index (χ1) is 12.5. The van der Waals surface area contributed by atoms with Gasteiger partial charge in [-0.1, -0.05) is 23.7 Å². The van der Waals surface area contributed by atoms with Crippen LogP contribution in [0.15, 0.2) is 47.4 Å². The second-order valence-electron chi connectivity index (χ2n) is 5.48. The lowest BCUT2D eigenvalue weighted by Gasteiger charge is -2.14. The zero-order chi connectivity index (χ0) is 20.2. The van der Waals surface area contributed by atoms with E-state index in [4.69, 9.17) is 16.9 Å². The maximum absolute atomic E-state index is 13.1. The van der Waals surface area contributed by atoms with Gasteiger partial charge in [-0.3, -0.25) is 4.79 Å². The monoisotopic (exact) mass is 416 g/mol. The van der Waals surface area contributed by atoms with Gasteiger partial charge >= 0.3 is 6.18 Å². The van der Waals surface area contributed by atoms with Crippen LogP contribution in [0.3, 0.4) is 0 Å². The number of halogens is 4. The lowest BCUT2D eigenvalue weighted by atomic mass is 10.1. The SMILES string of the molecule is N#Cc1ccc(S(=O)(=O)NC(=O)CCc2cccc(Cl)c2)c(C(F)(F)F)c1. The maximum atomic E-state index is 13.1. The third-order valence-electron chi connectivity index (χ3n) is 3.48. The van der Waals surface area contributed by atoms with E-state index in [1.54, 1.807) is 29.0 Å². The van der Waals surface area contributed by atoms with Crippen molar-refractivity contribution in [2.75, 3.05) is 0 Å². The molecule has 2 aromatic rings. The van der Waals surface area contributed by atoms with Crippen molar-refractivity contribution < 1.29 is 26.4 Å². The van der Waals surface area contributed by atoms with Gasteiger partial charge < -0.3 is 0 Å². The van der Waals surface area contributed by atoms with Crippen LogP contribution in [0.5, 0.6) is 0 Å². The van der Waals surface area contributed by atoms with Crippen molar-refractivity contribution in [3.8, 4) is 6.07 Å². The van der Waals surface area contributed by atoms with E-state index in [2.05, 4.69) is 0 Å². The van der Waals surface area contributed by atoms with Crippen LogP contribution in [0.25, 0.3) is 0 Å². The minimum atomic E-state index is -5.01. The molecule has 0 aliphatic carbocycles. The standard InChI is InChI=1S/C17H12ClF3N2O3S/c18-13-3-1-2-11(8-13)5-7-16(24)23-27(25,26)15-6-4-12(10-22)9-14(15)17(19,20)21/h1-4,6,8-9H,5,7H2,(H,23,24). The van der Waals surface area contributed by atoms with Gasteiger partial charge in [0.25, 0.3) is 10.0 Å². The number of carbonyl (C=O) groups is 1. The molecule has 0 atom stereocenters. The molecule has 27 heavy (non-hydrogen) atoms. The number of nitriles is 1. The average molecular weight is 417 g/mol. The normalized spacial score (nSPS) is 11.7. The van der Waals surface area contributed by atoms with Gasteiger partial charge in [0.1, 0.15) is 0 Å². The quantitative estimate of drug-likeness (QED) is 0.805. The number of hydrogen-bond donors (Lipinski definition) is 1. The van der Waals surface area contributed by atoms with Crippen LogP contribution in [0.2, 0.25) is 5.02 Å². The summed E-state index contributed by atoms with van der Waals surface area (Å²) in [4.78, 5) is 10.8. The third-order valence-corrected chi connectivity index (χ3v) is 5.15. The van der Waals surface area contributed by atoms with Gasteiger partial charge in [0.05, 0.1) is 22.1 Å². The summed E-state index contributed by atoms with van der Waals surface area (Å²) in [6.07, 6.45) is -5.13. The fraction of sp³-hybridized carbons (Fsp3) is 0.176. The molecule has 10 heteroatoms. The molecule has 0 aliphatic rings. The van der Waals surface area contributed by atoms with Crippen LogP contribution in [-0.2, 0) is 27.4 Å². The van der Waals surface area contributed by atoms with E-state index in [-0.39, 0.29) is 18.4 Å². The molecule has 5 nitrogen and oxygen atoms in total. The van der Waals surface area contributed by atoms with Crippen molar-refractivity contribution in [1.82, 2.24) is 4.72 Å². The Morgan fingerprint density at radius 2 is 1.89 bits per heavy atom. The number of rotatable bonds is 5. The number of alkyl halides is 3. The first-order valence-electron chi connectivity index (χ1n) is 7.44. The fourth-order valence-corrected chi connectivity index (χ4v) is 3.70. The molecule has 0 aliphatic heterocycles. The molecular formula is C17H12ClF3N2O3S. The number of benzene rings is 2. The van der Waals surface area contributed by atoms with Gasteiger partial charge in [0.2, 0.25) is 5.91 Å². The summed E-state index contributed by atoms with van der Waals surface area (Å²) in [7, 11) is -4.77. The average Bonchev–Trinajstić information content (AvgIpc) is 2.58. The van der Waals surface area contributed by atoms with Crippen molar-refractivity contribution in [3.63, 3.8) is 0 Å². The number of aryl methyl sites for hydroxylation is 1. The van der Waals surface area contributed by atoms with Crippen LogP contribution in [-0.4, -0.2) is 14.3 Å². The second-order valence-corrected chi connectivity index (χ2v) is 7.57. The van der Waals surface area contributed by atoms with Crippen LogP contribution < -0.4 is 4.72 Å². The van der Waals surface area contributed by atoms with Crippen LogP contribution in [0.1, 0.15) is 23.1 Å². The number of hydrogen-bond acceptors (Lipinski definition) is 4. The molecule has 0 aromatic heterocycles. The lowest BCUT2D eigenvalue weighted by Crippen LogP contribution is -2.32. The predicted octanol–water partition coefficient (Wildman–Crippen LogP) is 3.67. The highest BCUT2D eigenvalue weighted by Gasteiger charge is 2.38. The molecule has 2 rings (SSSR count). The highest BCUT2D eigenvalue weighted by atomic mass is 35.5. The molecule has 0 unspecified atom stereocenters. The van der Waals surface area contributed by atoms with E-state index in [0.717, 1.165) is 6.07 Å². The van der Waals surface area contributed by atoms with E-state index in [9.17, 15) is 26.4 Å². The summed E-state index contributed by atoms with van der Waals surface area (Å²) >= 11 is 5.81. The zero-order valence-electron chi connectivity index (χ0n) is 13.5. The minimum Gasteiger partial charge on any atom is -0.274 e. The van der Waals surface area contributed by atoms with Gasteiger partial charge in [0, 0.05) is 11.4 Å². The van der Waals surface area contributed by atoms with Crippen LogP contribution >= 0.6 is 11.6 Å². The first kappa shape index (κ1) is 20.7. The third kappa shape index (κ3) is 5.45. The zero-order valence-corrected chi connectivity index (χ0v) is 15.1. The Bertz CT molecular complexity index is 1010. The van der Waals surface area contributed by atoms with E-state index in [1.165, 1.54) is 6.07 Å². The maximum Gasteiger partial charge on any atom is 0.417 e. The molecule has 0 radical (unpaired) electrons. The molecule has 142 valence electrons. The van der Waals surface area contributed by atoms with Crippen molar-refractivity contribution in [2.45, 2.75) is 23.9 Å². The van der Waals surface area contributed by atoms with Gasteiger partial charge in [-0.25, -0.2) is 13.1 Å². The van der Waals surface area contributed by atoms with E-state index >= 15 is 0 Å². The van der Waals surface area contributed by atoms with E-state index in [1.807, 2.05) is 0 Å². The van der Waals surface area contributed by atoms with Crippen LogP contribution in [0, 0.1) is 11.3 Å². The summed E-state index contributed by atoms with van der Waals surface area (Å²) in [6, 6.07) is 10.0. The Hall–Kier alpha value is -2.57. The van der Waals surface area contributed by atoms with Gasteiger partial charge in [-0.05, 0) is 42.3 Å². The number of nitrogens with one attached hydrogen (secondary N) is 1. The molecule has 0 fully saturated rings. The largest absolute Gasteiger partial charge is 0.417 e. The highest BCUT2D eigenvalue weighted by Crippen LogP contribution is 2.34. The number of sulfonamides is 1. The topological polar surface area (TPSA) is 87.0 Å². The molecular weight excluding hydrogens is 405 g/mol. The summed E-state index contributed by atoms with van der Waals surface area (Å²) in [6.45, 7) is 0. The Labute approximate surface area is 158 Å². The van der Waals surface area contributed by atoms with E-state index < -0.39 is 32.6 Å². The Kier molecular flexibility index (Phi) is 6.13. The minimum absolute atomic E-state index is 0.154. The molecule has 2 aromatic carbocycles. The molecule has 0 heterocycles. The number of carbonyl (C=O) groups excluding carboxylic acids is 1. The predicted molar refractivity (Wildman–Crippen MR) is 91.3 cm³/mol. The molecule has 1 N–H and O–H groups in total. The summed E-state index contributed by atoms with van der Waals surface area (Å²) in [5, 5.41) is 9.16. The molecule has 0 saturated carbocycles. The highest BCUT2D eigenvalue weighted by molar-refractivity contribution is 7.90. The van der Waals surface area contributed by atoms with Crippen molar-refractivity contribution >= 4 is 27.5 Å². The molecule has 0 spiro atoms. The molecule has 1 amide bonds. The first-order valence-corrected chi connectivity index (χ1v) is 9.30. The summed E-state index contributed by atoms with van der Waals surface area (Å²) in [5.41, 5.74) is -1.20. The van der Waals surface area contributed by atoms with E-state index in [0.29, 0.717) is 22.7 Å². The number of nitrogens with zero attached hydrogens (tertiary/aromatic N) is 1. The Balaban J connectivity index is 2.21. The fourth-order valence-electron chi connectivity index (χ4n) is 2.26. The second kappa shape index (κ2) is 7.98. The van der Waals surface area contributed by atoms with Gasteiger partial charge in [-0.15, -0.1) is 0 Å². The summed E-state index contributed by atoms with van der Waals surface area (Å²) in [5.74, 6) is -0.965. The van der Waals surface area contributed by atoms with Crippen molar-refractivity contribution in [3.05, 3.63) is 64.2 Å². The lowest BCUT2D eigenvalue weighted by molar-refractivity contribution is -0.140. The Morgan fingerprint density at radius 1 is 1.19 bits per heavy atom.